The number of hydrogen-bond donors (Lipinski definition) is 1. The van der Waals surface area contributed by atoms with Crippen LogP contribution in [0.1, 0.15) is 29.6 Å². The SMILES string of the molecule is CN(C)C(=O)c1ccc2c(c1)N(CC(=O)Nc1ccncc1)C(=O)C1CCCCN21. The lowest BCUT2D eigenvalue weighted by atomic mass is 9.95. The summed E-state index contributed by atoms with van der Waals surface area (Å²) in [5.41, 5.74) is 2.61. The van der Waals surface area contributed by atoms with Crippen molar-refractivity contribution < 1.29 is 14.4 Å². The van der Waals surface area contributed by atoms with E-state index in [-0.39, 0.29) is 30.3 Å². The second-order valence-corrected chi connectivity index (χ2v) is 7.82. The number of benzene rings is 1. The van der Waals surface area contributed by atoms with Crippen LogP contribution in [-0.2, 0) is 9.59 Å². The van der Waals surface area contributed by atoms with E-state index in [1.54, 1.807) is 50.8 Å². The van der Waals surface area contributed by atoms with E-state index in [0.717, 1.165) is 31.5 Å². The molecule has 156 valence electrons. The van der Waals surface area contributed by atoms with Gasteiger partial charge in [-0.25, -0.2) is 0 Å². The van der Waals surface area contributed by atoms with Crippen LogP contribution in [0.4, 0.5) is 17.1 Å². The van der Waals surface area contributed by atoms with Crippen molar-refractivity contribution in [2.75, 3.05) is 42.3 Å². The van der Waals surface area contributed by atoms with Crippen molar-refractivity contribution in [1.82, 2.24) is 9.88 Å². The molecular formula is C22H25N5O3. The van der Waals surface area contributed by atoms with Crippen LogP contribution < -0.4 is 15.1 Å². The highest BCUT2D eigenvalue weighted by atomic mass is 16.2. The van der Waals surface area contributed by atoms with E-state index >= 15 is 0 Å². The number of anilines is 3. The molecule has 1 saturated heterocycles. The van der Waals surface area contributed by atoms with E-state index < -0.39 is 0 Å². The molecule has 2 aliphatic heterocycles. The molecule has 0 aliphatic carbocycles. The summed E-state index contributed by atoms with van der Waals surface area (Å²) in [7, 11) is 3.38. The molecule has 0 bridgehead atoms. The number of hydrogen-bond acceptors (Lipinski definition) is 5. The lowest BCUT2D eigenvalue weighted by molar-refractivity contribution is -0.123. The quantitative estimate of drug-likeness (QED) is 0.839. The molecule has 3 amide bonds. The zero-order chi connectivity index (χ0) is 21.3. The van der Waals surface area contributed by atoms with Gasteiger partial charge in [0.2, 0.25) is 11.8 Å². The Bertz CT molecular complexity index is 976. The van der Waals surface area contributed by atoms with E-state index in [1.807, 2.05) is 6.07 Å². The number of piperidine rings is 1. The Kier molecular flexibility index (Phi) is 5.39. The molecule has 4 rings (SSSR count). The molecule has 3 heterocycles. The fourth-order valence-corrected chi connectivity index (χ4v) is 4.09. The van der Waals surface area contributed by atoms with Gasteiger partial charge in [-0.15, -0.1) is 0 Å². The highest BCUT2D eigenvalue weighted by Crippen LogP contribution is 2.40. The molecule has 1 aromatic heterocycles. The van der Waals surface area contributed by atoms with Crippen LogP contribution >= 0.6 is 0 Å². The fraction of sp³-hybridized carbons (Fsp3) is 0.364. The standard InChI is InChI=1S/C22H25N5O3/c1-25(2)21(29)15-6-7-17-19(13-15)27(22(30)18-5-3-4-12-26(17)18)14-20(28)24-16-8-10-23-11-9-16/h6-11,13,18H,3-5,12,14H2,1-2H3,(H,23,24,28). The number of nitrogens with zero attached hydrogens (tertiary/aromatic N) is 4. The van der Waals surface area contributed by atoms with E-state index in [1.165, 1.54) is 9.80 Å². The van der Waals surface area contributed by atoms with Crippen LogP contribution in [0.3, 0.4) is 0 Å². The minimum atomic E-state index is -0.297. The van der Waals surface area contributed by atoms with Gasteiger partial charge >= 0.3 is 0 Å². The van der Waals surface area contributed by atoms with Crippen molar-refractivity contribution in [3.63, 3.8) is 0 Å². The highest BCUT2D eigenvalue weighted by molar-refractivity contribution is 6.11. The lowest BCUT2D eigenvalue weighted by Gasteiger charge is -2.45. The third-order valence-corrected chi connectivity index (χ3v) is 5.55. The molecule has 8 nitrogen and oxygen atoms in total. The Morgan fingerprint density at radius 3 is 2.63 bits per heavy atom. The van der Waals surface area contributed by atoms with Crippen LogP contribution in [-0.4, -0.2) is 60.8 Å². The Balaban J connectivity index is 1.68. The Hall–Kier alpha value is -3.42. The van der Waals surface area contributed by atoms with Gasteiger partial charge in [-0.05, 0) is 49.6 Å². The molecule has 0 saturated carbocycles. The largest absolute Gasteiger partial charge is 0.358 e. The minimum Gasteiger partial charge on any atom is -0.358 e. The molecule has 8 heteroatoms. The molecule has 1 unspecified atom stereocenters. The average molecular weight is 407 g/mol. The third kappa shape index (κ3) is 3.72. The van der Waals surface area contributed by atoms with Crippen molar-refractivity contribution >= 4 is 34.8 Å². The van der Waals surface area contributed by atoms with Gasteiger partial charge in [-0.3, -0.25) is 24.3 Å². The topological polar surface area (TPSA) is 85.9 Å². The molecule has 2 aromatic rings. The summed E-state index contributed by atoms with van der Waals surface area (Å²) < 4.78 is 0. The number of rotatable bonds is 4. The second-order valence-electron chi connectivity index (χ2n) is 7.82. The molecule has 30 heavy (non-hydrogen) atoms. The predicted octanol–water partition coefficient (Wildman–Crippen LogP) is 2.13. The van der Waals surface area contributed by atoms with Crippen LogP contribution in [0.2, 0.25) is 0 Å². The summed E-state index contributed by atoms with van der Waals surface area (Å²) >= 11 is 0. The van der Waals surface area contributed by atoms with Gasteiger partial charge in [0.15, 0.2) is 0 Å². The third-order valence-electron chi connectivity index (χ3n) is 5.55. The van der Waals surface area contributed by atoms with Crippen LogP contribution in [0.25, 0.3) is 0 Å². The van der Waals surface area contributed by atoms with E-state index in [4.69, 9.17) is 0 Å². The number of amides is 3. The first-order chi connectivity index (χ1) is 14.5. The maximum absolute atomic E-state index is 13.3. The smallest absolute Gasteiger partial charge is 0.253 e. The number of fused-ring (bicyclic) bond motifs is 3. The van der Waals surface area contributed by atoms with Crippen molar-refractivity contribution in [3.8, 4) is 0 Å². The van der Waals surface area contributed by atoms with Gasteiger partial charge in [0.25, 0.3) is 5.91 Å². The Labute approximate surface area is 175 Å². The minimum absolute atomic E-state index is 0.0958. The number of pyridine rings is 1. The van der Waals surface area contributed by atoms with Crippen LogP contribution in [0.15, 0.2) is 42.7 Å². The van der Waals surface area contributed by atoms with Crippen LogP contribution in [0.5, 0.6) is 0 Å². The number of aromatic nitrogens is 1. The summed E-state index contributed by atoms with van der Waals surface area (Å²) in [5, 5.41) is 2.81. The molecule has 2 aliphatic rings. The summed E-state index contributed by atoms with van der Waals surface area (Å²) in [6.07, 6.45) is 5.95. The molecule has 1 fully saturated rings. The molecule has 1 aromatic carbocycles. The summed E-state index contributed by atoms with van der Waals surface area (Å²) in [6.45, 7) is 0.680. The molecular weight excluding hydrogens is 382 g/mol. The number of carbonyl (C=O) groups is 3. The molecule has 1 atom stereocenters. The predicted molar refractivity (Wildman–Crippen MR) is 115 cm³/mol. The Morgan fingerprint density at radius 2 is 1.90 bits per heavy atom. The van der Waals surface area contributed by atoms with E-state index in [9.17, 15) is 14.4 Å². The highest BCUT2D eigenvalue weighted by Gasteiger charge is 2.40. The van der Waals surface area contributed by atoms with Gasteiger partial charge < -0.3 is 15.1 Å². The molecule has 0 radical (unpaired) electrons. The monoisotopic (exact) mass is 407 g/mol. The first-order valence-corrected chi connectivity index (χ1v) is 10.1. The summed E-state index contributed by atoms with van der Waals surface area (Å²) in [5.74, 6) is -0.539. The maximum Gasteiger partial charge on any atom is 0.253 e. The molecule has 0 spiro atoms. The zero-order valence-corrected chi connectivity index (χ0v) is 17.2. The van der Waals surface area contributed by atoms with Crippen LogP contribution in [0, 0.1) is 0 Å². The van der Waals surface area contributed by atoms with E-state index in [2.05, 4.69) is 15.2 Å². The Morgan fingerprint density at radius 1 is 1.13 bits per heavy atom. The van der Waals surface area contributed by atoms with Gasteiger partial charge in [-0.1, -0.05) is 0 Å². The van der Waals surface area contributed by atoms with Crippen molar-refractivity contribution in [1.29, 1.82) is 0 Å². The first kappa shape index (κ1) is 19.9. The summed E-state index contributed by atoms with van der Waals surface area (Å²) in [6, 6.07) is 8.53. The van der Waals surface area contributed by atoms with Gasteiger partial charge in [0.1, 0.15) is 12.6 Å². The normalized spacial score (nSPS) is 17.8. The van der Waals surface area contributed by atoms with Crippen molar-refractivity contribution in [2.45, 2.75) is 25.3 Å². The van der Waals surface area contributed by atoms with Gasteiger partial charge in [0.05, 0.1) is 11.4 Å². The number of carbonyl (C=O) groups excluding carboxylic acids is 3. The average Bonchev–Trinajstić information content (AvgIpc) is 2.76. The van der Waals surface area contributed by atoms with Crippen molar-refractivity contribution in [2.24, 2.45) is 0 Å². The van der Waals surface area contributed by atoms with Gasteiger partial charge in [-0.2, -0.15) is 0 Å². The number of nitrogens with one attached hydrogen (secondary N) is 1. The zero-order valence-electron chi connectivity index (χ0n) is 17.2. The second kappa shape index (κ2) is 8.14. The first-order valence-electron chi connectivity index (χ1n) is 10.1. The van der Waals surface area contributed by atoms with Gasteiger partial charge in [0, 0.05) is 44.3 Å². The molecule has 1 N–H and O–H groups in total. The maximum atomic E-state index is 13.3. The van der Waals surface area contributed by atoms with Crippen molar-refractivity contribution in [3.05, 3.63) is 48.3 Å². The van der Waals surface area contributed by atoms with E-state index in [0.29, 0.717) is 16.9 Å². The summed E-state index contributed by atoms with van der Waals surface area (Å²) in [4.78, 5) is 47.6. The fourth-order valence-electron chi connectivity index (χ4n) is 4.09. The lowest BCUT2D eigenvalue weighted by Crippen LogP contribution is -2.56.